The highest BCUT2D eigenvalue weighted by Gasteiger charge is 2.50. The number of rotatable bonds is 7. The van der Waals surface area contributed by atoms with Gasteiger partial charge in [0, 0.05) is 13.2 Å². The first-order valence-corrected chi connectivity index (χ1v) is 9.79. The van der Waals surface area contributed by atoms with E-state index in [1.807, 2.05) is 12.1 Å². The maximum absolute atomic E-state index is 11.8. The fourth-order valence-corrected chi connectivity index (χ4v) is 5.01. The molecular formula is C20H28N4O2. The van der Waals surface area contributed by atoms with Crippen LogP contribution in [0.4, 0.5) is 0 Å². The minimum Gasteiger partial charge on any atom is -0.396 e. The summed E-state index contributed by atoms with van der Waals surface area (Å²) >= 11 is 0. The van der Waals surface area contributed by atoms with Gasteiger partial charge < -0.3 is 15.8 Å². The number of para-hydroxylation sites is 1. The lowest BCUT2D eigenvalue weighted by atomic mass is 9.79. The zero-order valence-corrected chi connectivity index (χ0v) is 15.2. The summed E-state index contributed by atoms with van der Waals surface area (Å²) in [6, 6.07) is 5.57. The van der Waals surface area contributed by atoms with Gasteiger partial charge in [-0.1, -0.05) is 12.5 Å². The van der Waals surface area contributed by atoms with E-state index in [1.54, 1.807) is 6.07 Å². The molecule has 1 aliphatic heterocycles. The number of aliphatic hydroxyl groups excluding tert-OH is 1. The second-order valence-electron chi connectivity index (χ2n) is 7.88. The minimum atomic E-state index is -0.431. The first-order chi connectivity index (χ1) is 12.6. The van der Waals surface area contributed by atoms with Crippen molar-refractivity contribution in [3.05, 3.63) is 29.6 Å². The van der Waals surface area contributed by atoms with Gasteiger partial charge in [0.1, 0.15) is 11.3 Å². The highest BCUT2D eigenvalue weighted by Crippen LogP contribution is 2.50. The fraction of sp³-hybridized carbons (Fsp3) is 0.600. The normalized spacial score (nSPS) is 25.8. The van der Waals surface area contributed by atoms with Crippen LogP contribution >= 0.6 is 0 Å². The molecule has 1 amide bonds. The maximum Gasteiger partial charge on any atom is 0.250 e. The van der Waals surface area contributed by atoms with Crippen molar-refractivity contribution in [1.29, 1.82) is 0 Å². The van der Waals surface area contributed by atoms with Gasteiger partial charge in [0.2, 0.25) is 0 Å². The Hall–Kier alpha value is -1.92. The molecule has 26 heavy (non-hydrogen) atoms. The van der Waals surface area contributed by atoms with E-state index >= 15 is 0 Å². The van der Waals surface area contributed by atoms with E-state index in [-0.39, 0.29) is 12.1 Å². The lowest BCUT2D eigenvalue weighted by molar-refractivity contribution is 0.100. The van der Waals surface area contributed by atoms with Crippen LogP contribution in [-0.4, -0.2) is 45.6 Å². The van der Waals surface area contributed by atoms with Crippen molar-refractivity contribution in [2.24, 2.45) is 11.7 Å². The molecular weight excluding hydrogens is 328 g/mol. The second kappa shape index (κ2) is 7.00. The molecule has 1 saturated carbocycles. The van der Waals surface area contributed by atoms with E-state index < -0.39 is 5.91 Å². The third-order valence-electron chi connectivity index (χ3n) is 6.22. The van der Waals surface area contributed by atoms with Crippen LogP contribution in [0.5, 0.6) is 0 Å². The Bertz CT molecular complexity index is 802. The van der Waals surface area contributed by atoms with Gasteiger partial charge in [-0.25, -0.2) is 4.98 Å². The van der Waals surface area contributed by atoms with Gasteiger partial charge in [-0.15, -0.1) is 0 Å². The molecule has 1 saturated heterocycles. The highest BCUT2D eigenvalue weighted by atomic mass is 16.2. The summed E-state index contributed by atoms with van der Waals surface area (Å²) in [6.45, 7) is 2.43. The van der Waals surface area contributed by atoms with Crippen LogP contribution in [0.1, 0.15) is 61.1 Å². The van der Waals surface area contributed by atoms with Gasteiger partial charge in [0.25, 0.3) is 5.91 Å². The molecule has 6 heteroatoms. The van der Waals surface area contributed by atoms with Crippen LogP contribution < -0.4 is 5.73 Å². The summed E-state index contributed by atoms with van der Waals surface area (Å²) in [7, 11) is 0. The van der Waals surface area contributed by atoms with Crippen LogP contribution in [0.25, 0.3) is 11.0 Å². The monoisotopic (exact) mass is 356 g/mol. The van der Waals surface area contributed by atoms with E-state index in [9.17, 15) is 4.79 Å². The zero-order valence-electron chi connectivity index (χ0n) is 15.2. The third-order valence-corrected chi connectivity index (χ3v) is 6.22. The number of carbonyl (C=O) groups excluding carboxylic acids is 1. The Balaban J connectivity index is 1.68. The van der Waals surface area contributed by atoms with Crippen molar-refractivity contribution in [2.45, 2.75) is 50.5 Å². The number of imidazole rings is 1. The standard InChI is InChI=1S/C20H28N4O2/c21-18(26)15-7-4-8-16-17(15)23-19(22-16)20-9-5-6-14(12-20)13-24(20)10-2-1-3-11-25/h4,7-8,14,25H,1-3,5-6,9-13H2,(H2,21,26)(H,22,23)/t14-,20+/m1/s1. The van der Waals surface area contributed by atoms with Crippen LogP contribution in [0.2, 0.25) is 0 Å². The largest absolute Gasteiger partial charge is 0.396 e. The van der Waals surface area contributed by atoms with E-state index in [4.69, 9.17) is 15.8 Å². The number of hydrogen-bond acceptors (Lipinski definition) is 4. The molecule has 140 valence electrons. The second-order valence-corrected chi connectivity index (χ2v) is 7.88. The minimum absolute atomic E-state index is 0.0456. The van der Waals surface area contributed by atoms with Gasteiger partial charge >= 0.3 is 0 Å². The molecule has 2 heterocycles. The van der Waals surface area contributed by atoms with Crippen LogP contribution in [0.15, 0.2) is 18.2 Å². The number of aromatic amines is 1. The number of benzene rings is 1. The number of carbonyl (C=O) groups is 1. The quantitative estimate of drug-likeness (QED) is 0.664. The summed E-state index contributed by atoms with van der Waals surface area (Å²) in [5, 5.41) is 9.02. The number of amides is 1. The van der Waals surface area contributed by atoms with Gasteiger partial charge in [-0.2, -0.15) is 0 Å². The molecule has 2 aromatic rings. The third kappa shape index (κ3) is 2.91. The fourth-order valence-electron chi connectivity index (χ4n) is 5.01. The first-order valence-electron chi connectivity index (χ1n) is 9.79. The van der Waals surface area contributed by atoms with Crippen molar-refractivity contribution in [3.63, 3.8) is 0 Å². The Morgan fingerprint density at radius 2 is 2.27 bits per heavy atom. The topological polar surface area (TPSA) is 95.2 Å². The molecule has 4 rings (SSSR count). The van der Waals surface area contributed by atoms with E-state index in [1.165, 1.54) is 12.8 Å². The number of unbranched alkanes of at least 4 members (excludes halogenated alkanes) is 2. The van der Waals surface area contributed by atoms with Crippen molar-refractivity contribution >= 4 is 16.9 Å². The number of fused-ring (bicyclic) bond motifs is 3. The van der Waals surface area contributed by atoms with E-state index in [0.717, 1.165) is 62.5 Å². The Kier molecular flexibility index (Phi) is 4.71. The lowest BCUT2D eigenvalue weighted by Gasteiger charge is -2.38. The first kappa shape index (κ1) is 17.5. The van der Waals surface area contributed by atoms with Crippen molar-refractivity contribution in [1.82, 2.24) is 14.9 Å². The number of primary amides is 1. The summed E-state index contributed by atoms with van der Waals surface area (Å²) < 4.78 is 0. The van der Waals surface area contributed by atoms with E-state index in [0.29, 0.717) is 11.1 Å². The van der Waals surface area contributed by atoms with Gasteiger partial charge in [-0.3, -0.25) is 9.69 Å². The lowest BCUT2D eigenvalue weighted by Crippen LogP contribution is -2.42. The summed E-state index contributed by atoms with van der Waals surface area (Å²) in [5.74, 6) is 1.29. The summed E-state index contributed by atoms with van der Waals surface area (Å²) in [5.41, 5.74) is 7.56. The Morgan fingerprint density at radius 1 is 1.38 bits per heavy atom. The molecule has 6 nitrogen and oxygen atoms in total. The van der Waals surface area contributed by atoms with Gasteiger partial charge in [0.05, 0.1) is 16.6 Å². The molecule has 2 aliphatic rings. The summed E-state index contributed by atoms with van der Waals surface area (Å²) in [4.78, 5) is 22.8. The Labute approximate surface area is 153 Å². The van der Waals surface area contributed by atoms with Crippen LogP contribution in [0.3, 0.4) is 0 Å². The zero-order chi connectivity index (χ0) is 18.1. The number of nitrogens with two attached hydrogens (primary N) is 1. The number of aromatic nitrogens is 2. The number of aliphatic hydroxyl groups is 1. The molecule has 2 bridgehead atoms. The van der Waals surface area contributed by atoms with Crippen LogP contribution in [-0.2, 0) is 5.54 Å². The number of likely N-dealkylation sites (tertiary alicyclic amines) is 1. The SMILES string of the molecule is NC(=O)c1cccc2[nH]c([C@@]34CCC[C@@H](CN3CCCCCO)C4)nc12. The number of H-pyrrole nitrogens is 1. The molecule has 0 spiro atoms. The van der Waals surface area contributed by atoms with E-state index in [2.05, 4.69) is 9.88 Å². The Morgan fingerprint density at radius 3 is 3.08 bits per heavy atom. The number of nitrogens with zero attached hydrogens (tertiary/aromatic N) is 2. The smallest absolute Gasteiger partial charge is 0.250 e. The number of nitrogens with one attached hydrogen (secondary N) is 1. The number of hydrogen-bond donors (Lipinski definition) is 3. The van der Waals surface area contributed by atoms with Gasteiger partial charge in [0.15, 0.2) is 0 Å². The molecule has 2 atom stereocenters. The van der Waals surface area contributed by atoms with Crippen molar-refractivity contribution < 1.29 is 9.90 Å². The van der Waals surface area contributed by atoms with Gasteiger partial charge in [-0.05, 0) is 63.1 Å². The van der Waals surface area contributed by atoms with Crippen molar-refractivity contribution in [2.75, 3.05) is 19.7 Å². The molecule has 1 aromatic heterocycles. The van der Waals surface area contributed by atoms with Crippen LogP contribution in [0, 0.1) is 5.92 Å². The average Bonchev–Trinajstić information content (AvgIpc) is 3.18. The van der Waals surface area contributed by atoms with Crippen molar-refractivity contribution in [3.8, 4) is 0 Å². The molecule has 0 radical (unpaired) electrons. The summed E-state index contributed by atoms with van der Waals surface area (Å²) in [6.07, 6.45) is 7.78. The molecule has 0 unspecified atom stereocenters. The highest BCUT2D eigenvalue weighted by molar-refractivity contribution is 6.04. The molecule has 1 aromatic carbocycles. The average molecular weight is 356 g/mol. The molecule has 4 N–H and O–H groups in total. The maximum atomic E-state index is 11.8. The predicted molar refractivity (Wildman–Crippen MR) is 101 cm³/mol. The predicted octanol–water partition coefficient (Wildman–Crippen LogP) is 2.53. The molecule has 1 aliphatic carbocycles. The molecule has 2 fully saturated rings.